The van der Waals surface area contributed by atoms with E-state index in [2.05, 4.69) is 25.3 Å². The van der Waals surface area contributed by atoms with E-state index in [1.54, 1.807) is 36.0 Å². The van der Waals surface area contributed by atoms with Crippen molar-refractivity contribution < 1.29 is 34.8 Å². The average Bonchev–Trinajstić information content (AvgIpc) is 4.00. The van der Waals surface area contributed by atoms with Gasteiger partial charge in [-0.15, -0.1) is 22.7 Å². The predicted molar refractivity (Wildman–Crippen MR) is 245 cm³/mol. The first-order chi connectivity index (χ1) is 29.2. The van der Waals surface area contributed by atoms with Gasteiger partial charge >= 0.3 is 0 Å². The third-order valence-corrected chi connectivity index (χ3v) is 16.2. The van der Waals surface area contributed by atoms with Crippen molar-refractivity contribution in [2.24, 2.45) is 10.8 Å². The third-order valence-electron chi connectivity index (χ3n) is 11.0. The van der Waals surface area contributed by atoms with Crippen LogP contribution in [0.5, 0.6) is 0 Å². The molecule has 2 heterocycles. The molecule has 19 heteroatoms. The van der Waals surface area contributed by atoms with Crippen LogP contribution in [0, 0.1) is 10.8 Å². The molecular weight excluding hydrogens is 889 g/mol. The number of thiazole rings is 2. The number of sulfonamides is 3. The van der Waals surface area contributed by atoms with Crippen molar-refractivity contribution in [3.63, 3.8) is 0 Å². The van der Waals surface area contributed by atoms with Gasteiger partial charge in [-0.3, -0.25) is 14.3 Å². The number of rotatable bonds is 11. The number of hydrogen-bond acceptors (Lipinski definition) is 12. The van der Waals surface area contributed by atoms with Gasteiger partial charge in [-0.25, -0.2) is 35.2 Å². The molecule has 0 unspecified atom stereocenters. The lowest BCUT2D eigenvalue weighted by atomic mass is 9.73. The van der Waals surface area contributed by atoms with Gasteiger partial charge < -0.3 is 10.6 Å². The molecule has 0 bridgehead atoms. The van der Waals surface area contributed by atoms with Crippen LogP contribution in [0.2, 0.25) is 0 Å². The van der Waals surface area contributed by atoms with Crippen LogP contribution >= 0.6 is 22.7 Å². The smallest absolute Gasteiger partial charge is 0.245 e. The van der Waals surface area contributed by atoms with Gasteiger partial charge in [0.1, 0.15) is 0 Å². The fourth-order valence-electron chi connectivity index (χ4n) is 8.60. The molecule has 62 heavy (non-hydrogen) atoms. The Hall–Kier alpha value is -5.47. The molecule has 2 aliphatic rings. The Labute approximate surface area is 369 Å². The summed E-state index contributed by atoms with van der Waals surface area (Å²) >= 11 is 2.70. The number of nitrogens with zero attached hydrogens (tertiary/aromatic N) is 3. The van der Waals surface area contributed by atoms with Crippen LogP contribution in [0.15, 0.2) is 120 Å². The third kappa shape index (κ3) is 9.31. The van der Waals surface area contributed by atoms with Crippen molar-refractivity contribution in [3.05, 3.63) is 154 Å². The highest BCUT2D eigenvalue weighted by molar-refractivity contribution is 8.09. The monoisotopic (exact) mass is 932 g/mol. The lowest BCUT2D eigenvalue weighted by Crippen LogP contribution is -2.37. The van der Waals surface area contributed by atoms with E-state index in [1.807, 2.05) is 92.0 Å². The number of carbonyl (C=O) groups is 2. The van der Waals surface area contributed by atoms with Crippen LogP contribution in [0.3, 0.4) is 0 Å². The lowest BCUT2D eigenvalue weighted by Gasteiger charge is -2.31. The molecule has 3 N–H and O–H groups in total. The number of benzene rings is 4. The van der Waals surface area contributed by atoms with Crippen LogP contribution in [0.25, 0.3) is 0 Å². The maximum atomic E-state index is 13.5. The van der Waals surface area contributed by atoms with E-state index in [0.29, 0.717) is 38.1 Å². The zero-order valence-corrected chi connectivity index (χ0v) is 38.3. The molecule has 324 valence electrons. The van der Waals surface area contributed by atoms with Crippen molar-refractivity contribution in [2.45, 2.75) is 38.5 Å². The van der Waals surface area contributed by atoms with Gasteiger partial charge in [0.15, 0.2) is 10.3 Å². The topological polar surface area (TPSA) is 202 Å². The molecule has 2 amide bonds. The Balaban J connectivity index is 0.000000188. The van der Waals surface area contributed by atoms with E-state index in [9.17, 15) is 34.8 Å². The largest absolute Gasteiger partial charge is 0.301 e. The zero-order valence-electron chi connectivity index (χ0n) is 34.3. The van der Waals surface area contributed by atoms with Gasteiger partial charge in [-0.05, 0) is 84.3 Å². The van der Waals surface area contributed by atoms with Crippen molar-refractivity contribution >= 4 is 86.2 Å². The maximum absolute atomic E-state index is 13.5. The van der Waals surface area contributed by atoms with Gasteiger partial charge in [-0.2, -0.15) is 3.71 Å². The fourth-order valence-corrected chi connectivity index (χ4v) is 13.2. The molecular formula is C43H44N6O8S5. The second-order valence-corrected chi connectivity index (χ2v) is 23.3. The first-order valence-electron chi connectivity index (χ1n) is 19.1. The van der Waals surface area contributed by atoms with Crippen LogP contribution in [0.4, 0.5) is 21.6 Å². The van der Waals surface area contributed by atoms with Gasteiger partial charge in [0.05, 0.1) is 35.3 Å². The number of amides is 2. The first-order valence-corrected chi connectivity index (χ1v) is 26.5. The number of nitrogens with one attached hydrogen (secondary N) is 3. The van der Waals surface area contributed by atoms with E-state index >= 15 is 0 Å². The minimum Gasteiger partial charge on any atom is -0.301 e. The van der Waals surface area contributed by atoms with Crippen LogP contribution in [0.1, 0.15) is 59.1 Å². The normalized spacial score (nSPS) is 20.5. The Morgan fingerprint density at radius 3 is 1.47 bits per heavy atom. The summed E-state index contributed by atoms with van der Waals surface area (Å²) in [6, 6.07) is 29.5. The van der Waals surface area contributed by atoms with E-state index in [-0.39, 0.29) is 23.4 Å². The van der Waals surface area contributed by atoms with Crippen LogP contribution in [-0.4, -0.2) is 65.8 Å². The van der Waals surface area contributed by atoms with E-state index in [0.717, 1.165) is 46.6 Å². The lowest BCUT2D eigenvalue weighted by molar-refractivity contribution is -0.125. The van der Waals surface area contributed by atoms with Crippen molar-refractivity contribution in [3.8, 4) is 0 Å². The Morgan fingerprint density at radius 2 is 1.06 bits per heavy atom. The van der Waals surface area contributed by atoms with Crippen molar-refractivity contribution in [2.75, 3.05) is 37.8 Å². The Bertz CT molecular complexity index is 2920. The van der Waals surface area contributed by atoms with Gasteiger partial charge in [0.2, 0.25) is 41.9 Å². The standard InChI is InChI=1S/C22H23N3O5S3.C21H21N3O3S2/c1-22(20(26)24-21-23-11-12-31-21)14-16-9-10-17(25(32(2,27)28)33(3,29)30)13-18(16)19(22)15-7-5-4-6-8-15;1-21(19(25)23-20-22-10-11-28-20)13-15-8-9-16(24-29(2,26)27)12-17(15)18(21)14-6-4-3-5-7-14/h4-13,19H,14H2,1-3H3,(H,23,24,26);3-12,18,24H,13H2,1-2H3,(H,22,23,25)/t19-,22+;18-,21+/m00/s1. The number of anilines is 4. The molecule has 0 saturated carbocycles. The molecule has 0 saturated heterocycles. The highest BCUT2D eigenvalue weighted by atomic mass is 32.3. The zero-order chi connectivity index (χ0) is 44.7. The molecule has 4 aromatic carbocycles. The summed E-state index contributed by atoms with van der Waals surface area (Å²) in [6.45, 7) is 3.81. The molecule has 14 nitrogen and oxygen atoms in total. The maximum Gasteiger partial charge on any atom is 0.245 e. The SMILES string of the molecule is C[C@@]1(C(=O)Nc2nccs2)Cc2ccc(N(S(C)(=O)=O)S(C)(=O)=O)cc2[C@@H]1c1ccccc1.C[C@@]1(C(=O)Nc2nccs2)Cc2ccc(NS(C)(=O)=O)cc2[C@@H]1c1ccccc1. The highest BCUT2D eigenvalue weighted by Crippen LogP contribution is 2.53. The minimum atomic E-state index is -4.10. The molecule has 8 rings (SSSR count). The summed E-state index contributed by atoms with van der Waals surface area (Å²) in [5, 5.41) is 10.5. The quantitative estimate of drug-likeness (QED) is 0.121. The summed E-state index contributed by atoms with van der Waals surface area (Å²) < 4.78 is 75.6. The summed E-state index contributed by atoms with van der Waals surface area (Å²) in [5.74, 6) is -0.947. The number of aromatic nitrogens is 2. The van der Waals surface area contributed by atoms with Gasteiger partial charge in [-0.1, -0.05) is 72.8 Å². The molecule has 4 atom stereocenters. The summed E-state index contributed by atoms with van der Waals surface area (Å²) in [5.41, 5.74) is 4.32. The number of hydrogen-bond donors (Lipinski definition) is 3. The van der Waals surface area contributed by atoms with Crippen LogP contribution < -0.4 is 19.1 Å². The first kappa shape index (κ1) is 44.6. The molecule has 6 aromatic rings. The molecule has 0 aliphatic heterocycles. The van der Waals surface area contributed by atoms with E-state index in [1.165, 1.54) is 28.7 Å². The van der Waals surface area contributed by atoms with E-state index in [4.69, 9.17) is 0 Å². The van der Waals surface area contributed by atoms with Crippen LogP contribution in [-0.2, 0) is 52.5 Å². The second-order valence-electron chi connectivity index (χ2n) is 15.9. The number of fused-ring (bicyclic) bond motifs is 2. The highest BCUT2D eigenvalue weighted by Gasteiger charge is 2.50. The van der Waals surface area contributed by atoms with Gasteiger partial charge in [0.25, 0.3) is 0 Å². The molecule has 0 radical (unpaired) electrons. The van der Waals surface area contributed by atoms with Gasteiger partial charge in [0, 0.05) is 40.7 Å². The molecule has 2 aliphatic carbocycles. The van der Waals surface area contributed by atoms with Crippen molar-refractivity contribution in [1.29, 1.82) is 0 Å². The molecule has 0 fully saturated rings. The molecule has 0 spiro atoms. The summed E-state index contributed by atoms with van der Waals surface area (Å²) in [6.07, 6.45) is 7.04. The minimum absolute atomic E-state index is 0.0178. The average molecular weight is 933 g/mol. The Morgan fingerprint density at radius 1 is 0.629 bits per heavy atom. The Kier molecular flexibility index (Phi) is 12.2. The predicted octanol–water partition coefficient (Wildman–Crippen LogP) is 7.05. The van der Waals surface area contributed by atoms with E-state index < -0.39 is 46.8 Å². The molecule has 2 aromatic heterocycles. The summed E-state index contributed by atoms with van der Waals surface area (Å²) in [7, 11) is -11.6. The summed E-state index contributed by atoms with van der Waals surface area (Å²) in [4.78, 5) is 35.1. The second kappa shape index (κ2) is 17.0. The number of carbonyl (C=O) groups excluding carboxylic acids is 2. The fraction of sp³-hybridized carbons (Fsp3) is 0.256. The van der Waals surface area contributed by atoms with Crippen molar-refractivity contribution in [1.82, 2.24) is 9.97 Å².